The molecule has 0 spiro atoms. The molecule has 8 nitrogen and oxygen atoms in total. The van der Waals surface area contributed by atoms with E-state index in [0.717, 1.165) is 0 Å². The highest BCUT2D eigenvalue weighted by molar-refractivity contribution is 6.04. The minimum Gasteiger partial charge on any atom is -0.476 e. The molecule has 0 bridgehead atoms. The number of aromatic nitrogens is 3. The minimum absolute atomic E-state index is 0.0661. The molecule has 0 aliphatic heterocycles. The number of rotatable bonds is 4. The maximum absolute atomic E-state index is 12.1. The number of nitrogens with zero attached hydrogens (tertiary/aromatic N) is 3. The number of nitrogen functional groups attached to an aromatic ring is 1. The highest BCUT2D eigenvalue weighted by Gasteiger charge is 2.17. The van der Waals surface area contributed by atoms with Crippen molar-refractivity contribution in [3.05, 3.63) is 65.9 Å². The van der Waals surface area contributed by atoms with E-state index in [1.165, 1.54) is 4.68 Å². The van der Waals surface area contributed by atoms with Gasteiger partial charge in [-0.2, -0.15) is 4.68 Å². The summed E-state index contributed by atoms with van der Waals surface area (Å²) in [5.74, 6) is -1.54. The summed E-state index contributed by atoms with van der Waals surface area (Å²) in [7, 11) is 0. The van der Waals surface area contributed by atoms with Crippen LogP contribution in [0.2, 0.25) is 0 Å². The minimum atomic E-state index is -1.24. The number of carbonyl (C=O) groups excluding carboxylic acids is 1. The third-order valence-electron chi connectivity index (χ3n) is 3.31. The third kappa shape index (κ3) is 2.93. The van der Waals surface area contributed by atoms with Gasteiger partial charge in [0.2, 0.25) is 5.69 Å². The fourth-order valence-electron chi connectivity index (χ4n) is 2.11. The zero-order valence-electron chi connectivity index (χ0n) is 12.4. The Morgan fingerprint density at radius 1 is 1.04 bits per heavy atom. The second-order valence-corrected chi connectivity index (χ2v) is 4.91. The van der Waals surface area contributed by atoms with Crippen molar-refractivity contribution in [1.82, 2.24) is 15.0 Å². The normalized spacial score (nSPS) is 10.3. The van der Waals surface area contributed by atoms with Crippen LogP contribution in [0, 0.1) is 0 Å². The largest absolute Gasteiger partial charge is 0.476 e. The van der Waals surface area contributed by atoms with E-state index in [4.69, 9.17) is 10.8 Å². The standard InChI is InChI=1S/C16H13N5O3/c17-14-13(16(23)24)19-20-21(14)12-8-6-11(7-9-12)18-15(22)10-4-2-1-3-5-10/h1-9H,17H2,(H,18,22)(H,23,24). The highest BCUT2D eigenvalue weighted by atomic mass is 16.4. The van der Waals surface area contributed by atoms with Crippen LogP contribution >= 0.6 is 0 Å². The van der Waals surface area contributed by atoms with Crippen LogP contribution in [0.1, 0.15) is 20.8 Å². The maximum Gasteiger partial charge on any atom is 0.360 e. The zero-order valence-corrected chi connectivity index (χ0v) is 12.4. The smallest absolute Gasteiger partial charge is 0.360 e. The molecule has 0 unspecified atom stereocenters. The van der Waals surface area contributed by atoms with Gasteiger partial charge in [0.25, 0.3) is 5.91 Å². The van der Waals surface area contributed by atoms with Crippen LogP contribution in [0.5, 0.6) is 0 Å². The molecule has 0 saturated heterocycles. The molecule has 120 valence electrons. The van der Waals surface area contributed by atoms with E-state index >= 15 is 0 Å². The number of hydrogen-bond donors (Lipinski definition) is 3. The molecule has 24 heavy (non-hydrogen) atoms. The van der Waals surface area contributed by atoms with Crippen molar-refractivity contribution in [1.29, 1.82) is 0 Å². The van der Waals surface area contributed by atoms with Crippen LogP contribution in [-0.2, 0) is 0 Å². The van der Waals surface area contributed by atoms with Crippen molar-refractivity contribution in [2.75, 3.05) is 11.1 Å². The number of nitrogens with two attached hydrogens (primary N) is 1. The Morgan fingerprint density at radius 2 is 1.71 bits per heavy atom. The number of nitrogens with one attached hydrogen (secondary N) is 1. The molecular formula is C16H13N5O3. The Bertz CT molecular complexity index is 888. The summed E-state index contributed by atoms with van der Waals surface area (Å²) >= 11 is 0. The monoisotopic (exact) mass is 323 g/mol. The lowest BCUT2D eigenvalue weighted by atomic mass is 10.2. The van der Waals surface area contributed by atoms with Gasteiger partial charge >= 0.3 is 5.97 Å². The van der Waals surface area contributed by atoms with E-state index < -0.39 is 5.97 Å². The molecule has 1 amide bonds. The van der Waals surface area contributed by atoms with Crippen molar-refractivity contribution in [3.63, 3.8) is 0 Å². The summed E-state index contributed by atoms with van der Waals surface area (Å²) in [4.78, 5) is 23.0. The topological polar surface area (TPSA) is 123 Å². The lowest BCUT2D eigenvalue weighted by Crippen LogP contribution is -2.11. The number of carboxylic acid groups (broad SMARTS) is 1. The number of hydrogen-bond acceptors (Lipinski definition) is 5. The molecule has 0 saturated carbocycles. The number of carbonyl (C=O) groups is 2. The molecule has 3 rings (SSSR count). The van der Waals surface area contributed by atoms with Gasteiger partial charge in [-0.1, -0.05) is 23.4 Å². The predicted octanol–water partition coefficient (Wildman–Crippen LogP) is 1.80. The number of amides is 1. The number of anilines is 2. The first kappa shape index (κ1) is 15.2. The van der Waals surface area contributed by atoms with Gasteiger partial charge in [0.15, 0.2) is 5.82 Å². The van der Waals surface area contributed by atoms with E-state index in [9.17, 15) is 9.59 Å². The second kappa shape index (κ2) is 6.21. The van der Waals surface area contributed by atoms with Crippen molar-refractivity contribution in [2.24, 2.45) is 0 Å². The van der Waals surface area contributed by atoms with Crippen molar-refractivity contribution >= 4 is 23.4 Å². The summed E-state index contributed by atoms with van der Waals surface area (Å²) in [6, 6.07) is 15.5. The molecule has 2 aromatic carbocycles. The van der Waals surface area contributed by atoms with E-state index in [-0.39, 0.29) is 17.4 Å². The van der Waals surface area contributed by atoms with E-state index in [2.05, 4.69) is 15.6 Å². The van der Waals surface area contributed by atoms with Crippen LogP contribution in [0.15, 0.2) is 54.6 Å². The molecule has 0 atom stereocenters. The van der Waals surface area contributed by atoms with Crippen LogP contribution in [0.3, 0.4) is 0 Å². The van der Waals surface area contributed by atoms with Gasteiger partial charge in [-0.25, -0.2) is 4.79 Å². The van der Waals surface area contributed by atoms with Gasteiger partial charge < -0.3 is 16.2 Å². The third-order valence-corrected chi connectivity index (χ3v) is 3.31. The molecule has 0 aliphatic carbocycles. The SMILES string of the molecule is Nc1c(C(=O)O)nnn1-c1ccc(NC(=O)c2ccccc2)cc1. The molecule has 1 heterocycles. The van der Waals surface area contributed by atoms with E-state index in [1.54, 1.807) is 48.5 Å². The van der Waals surface area contributed by atoms with E-state index in [1.807, 2.05) is 6.07 Å². The average molecular weight is 323 g/mol. The van der Waals surface area contributed by atoms with Gasteiger partial charge in [-0.15, -0.1) is 5.10 Å². The molecule has 1 aromatic heterocycles. The van der Waals surface area contributed by atoms with Crippen LogP contribution in [0.25, 0.3) is 5.69 Å². The molecule has 0 fully saturated rings. The van der Waals surface area contributed by atoms with Crippen molar-refractivity contribution in [3.8, 4) is 5.69 Å². The summed E-state index contributed by atoms with van der Waals surface area (Å²) in [6.07, 6.45) is 0. The lowest BCUT2D eigenvalue weighted by Gasteiger charge is -2.07. The Balaban J connectivity index is 1.79. The van der Waals surface area contributed by atoms with Gasteiger partial charge in [0.05, 0.1) is 5.69 Å². The van der Waals surface area contributed by atoms with Gasteiger partial charge in [0.1, 0.15) is 0 Å². The molecule has 8 heteroatoms. The first-order chi connectivity index (χ1) is 11.6. The number of benzene rings is 2. The molecule has 0 aliphatic rings. The Hall–Kier alpha value is -3.68. The maximum atomic E-state index is 12.1. The fourth-order valence-corrected chi connectivity index (χ4v) is 2.11. The first-order valence-corrected chi connectivity index (χ1v) is 6.97. The zero-order chi connectivity index (χ0) is 17.1. The Kier molecular flexibility index (Phi) is 3.94. The first-order valence-electron chi connectivity index (χ1n) is 6.97. The van der Waals surface area contributed by atoms with Gasteiger partial charge in [-0.05, 0) is 36.4 Å². The summed E-state index contributed by atoms with van der Waals surface area (Å²) in [6.45, 7) is 0. The molecule has 0 radical (unpaired) electrons. The van der Waals surface area contributed by atoms with Crippen LogP contribution in [-0.4, -0.2) is 32.0 Å². The Labute approximate surface area is 136 Å². The van der Waals surface area contributed by atoms with Crippen LogP contribution < -0.4 is 11.1 Å². The van der Waals surface area contributed by atoms with Gasteiger partial charge in [-0.3, -0.25) is 4.79 Å². The van der Waals surface area contributed by atoms with E-state index in [0.29, 0.717) is 16.9 Å². The Morgan fingerprint density at radius 3 is 2.29 bits per heavy atom. The summed E-state index contributed by atoms with van der Waals surface area (Å²) in [5, 5.41) is 18.9. The van der Waals surface area contributed by atoms with Crippen molar-refractivity contribution < 1.29 is 14.7 Å². The lowest BCUT2D eigenvalue weighted by molar-refractivity contribution is 0.0691. The van der Waals surface area contributed by atoms with Gasteiger partial charge in [0, 0.05) is 11.3 Å². The predicted molar refractivity (Wildman–Crippen MR) is 87.1 cm³/mol. The fraction of sp³-hybridized carbons (Fsp3) is 0. The average Bonchev–Trinajstić information content (AvgIpc) is 2.98. The van der Waals surface area contributed by atoms with Crippen molar-refractivity contribution in [2.45, 2.75) is 0 Å². The summed E-state index contributed by atoms with van der Waals surface area (Å²) in [5.41, 5.74) is 7.08. The number of aromatic carboxylic acids is 1. The molecular weight excluding hydrogens is 310 g/mol. The molecule has 4 N–H and O–H groups in total. The second-order valence-electron chi connectivity index (χ2n) is 4.91. The summed E-state index contributed by atoms with van der Waals surface area (Å²) < 4.78 is 1.21. The van der Waals surface area contributed by atoms with Crippen LogP contribution in [0.4, 0.5) is 11.5 Å². The highest BCUT2D eigenvalue weighted by Crippen LogP contribution is 2.18. The molecule has 3 aromatic rings. The number of carboxylic acids is 1. The quantitative estimate of drug-likeness (QED) is 0.672.